The van der Waals surface area contributed by atoms with Gasteiger partial charge in [0.15, 0.2) is 18.1 Å². The molecule has 0 spiro atoms. The number of methoxy groups -OCH3 is 1. The number of hydrogen-bond donors (Lipinski definition) is 1. The molecule has 0 fully saturated rings. The normalized spacial score (nSPS) is 10.4. The van der Waals surface area contributed by atoms with Gasteiger partial charge in [-0.05, 0) is 104 Å². The highest BCUT2D eigenvalue weighted by Gasteiger charge is 2.09. The zero-order valence-corrected chi connectivity index (χ0v) is 21.8. The molecule has 31 heavy (non-hydrogen) atoms. The Balaban J connectivity index is 1.80. The van der Waals surface area contributed by atoms with Gasteiger partial charge in [0.05, 0.1) is 7.11 Å². The second-order valence-electron chi connectivity index (χ2n) is 6.44. The van der Waals surface area contributed by atoms with Crippen LogP contribution in [0.15, 0.2) is 77.7 Å². The number of rotatable bonds is 9. The second-order valence-corrected chi connectivity index (χ2v) is 10.0. The minimum atomic E-state index is -1.02. The Morgan fingerprint density at radius 2 is 1.52 bits per heavy atom. The summed E-state index contributed by atoms with van der Waals surface area (Å²) in [7, 11) is 1.54. The fraction of sp³-hybridized carbons (Fsp3) is 0.125. The Kier molecular flexibility index (Phi) is 9.09. The van der Waals surface area contributed by atoms with Gasteiger partial charge in [-0.3, -0.25) is 0 Å². The van der Waals surface area contributed by atoms with E-state index in [9.17, 15) is 4.79 Å². The fourth-order valence-electron chi connectivity index (χ4n) is 2.88. The van der Waals surface area contributed by atoms with E-state index in [4.69, 9.17) is 14.6 Å². The highest BCUT2D eigenvalue weighted by molar-refractivity contribution is 14.1. The molecule has 0 heterocycles. The first-order valence-corrected chi connectivity index (χ1v) is 12.5. The average Bonchev–Trinajstić information content (AvgIpc) is 2.77. The number of hydrogen-bond acceptors (Lipinski definition) is 4. The van der Waals surface area contributed by atoms with Crippen molar-refractivity contribution in [2.75, 3.05) is 19.5 Å². The second kappa shape index (κ2) is 11.8. The van der Waals surface area contributed by atoms with Gasteiger partial charge in [0.1, 0.15) is 0 Å². The molecule has 3 rings (SSSR count). The van der Waals surface area contributed by atoms with Crippen molar-refractivity contribution in [3.05, 3.63) is 91.1 Å². The lowest BCUT2D eigenvalue weighted by Gasteiger charge is -2.11. The summed E-state index contributed by atoms with van der Waals surface area (Å²) in [5.74, 6) is 0.685. The van der Waals surface area contributed by atoms with Crippen molar-refractivity contribution in [1.29, 1.82) is 0 Å². The first-order valence-electron chi connectivity index (χ1n) is 9.33. The minimum Gasteiger partial charge on any atom is -0.493 e. The molecule has 0 unspecified atom stereocenters. The van der Waals surface area contributed by atoms with E-state index in [0.29, 0.717) is 11.5 Å². The van der Waals surface area contributed by atoms with Gasteiger partial charge >= 0.3 is 5.97 Å². The molecule has 0 amide bonds. The van der Waals surface area contributed by atoms with Gasteiger partial charge in [0.2, 0.25) is 0 Å². The third-order valence-corrected chi connectivity index (χ3v) is 6.69. The lowest BCUT2D eigenvalue weighted by Crippen LogP contribution is -2.10. The van der Waals surface area contributed by atoms with E-state index in [0.717, 1.165) is 10.6 Å². The van der Waals surface area contributed by atoms with Crippen molar-refractivity contribution in [3.63, 3.8) is 0 Å². The van der Waals surface area contributed by atoms with Crippen LogP contribution in [0.4, 0.5) is 0 Å². The van der Waals surface area contributed by atoms with Gasteiger partial charge in [0, 0.05) is 17.8 Å². The number of ether oxygens (including phenoxy) is 2. The Bertz CT molecular complexity index is 1020. The van der Waals surface area contributed by atoms with Crippen molar-refractivity contribution >= 4 is 68.5 Å². The van der Waals surface area contributed by atoms with Gasteiger partial charge in [-0.25, -0.2) is 4.79 Å². The molecule has 0 atom stereocenters. The maximum absolute atomic E-state index is 10.7. The molecule has 0 saturated heterocycles. The third kappa shape index (κ3) is 7.15. The molecule has 3 aromatic carbocycles. The molecule has 7 heteroatoms. The molecule has 3 aromatic rings. The molecular formula is C24H20I2O4S. The first-order chi connectivity index (χ1) is 15.0. The quantitative estimate of drug-likeness (QED) is 0.208. The predicted molar refractivity (Wildman–Crippen MR) is 142 cm³/mol. The molecule has 0 aliphatic rings. The van der Waals surface area contributed by atoms with Gasteiger partial charge in [-0.1, -0.05) is 30.3 Å². The Labute approximate surface area is 213 Å². The molecule has 0 aliphatic heterocycles. The van der Waals surface area contributed by atoms with E-state index in [1.165, 1.54) is 23.8 Å². The largest absolute Gasteiger partial charge is 0.493 e. The highest BCUT2D eigenvalue weighted by Crippen LogP contribution is 2.33. The molecule has 0 radical (unpaired) electrons. The van der Waals surface area contributed by atoms with Crippen molar-refractivity contribution in [1.82, 2.24) is 0 Å². The maximum Gasteiger partial charge on any atom is 0.341 e. The fourth-order valence-corrected chi connectivity index (χ4v) is 4.40. The van der Waals surface area contributed by atoms with Crippen LogP contribution in [0.5, 0.6) is 11.5 Å². The highest BCUT2D eigenvalue weighted by atomic mass is 127. The minimum absolute atomic E-state index is 0.402. The summed E-state index contributed by atoms with van der Waals surface area (Å²) >= 11 is 6.31. The van der Waals surface area contributed by atoms with E-state index in [2.05, 4.69) is 99.8 Å². The van der Waals surface area contributed by atoms with Crippen molar-refractivity contribution < 1.29 is 19.4 Å². The van der Waals surface area contributed by atoms with Crippen LogP contribution in [0.3, 0.4) is 0 Å². The smallest absolute Gasteiger partial charge is 0.341 e. The Morgan fingerprint density at radius 3 is 2.03 bits per heavy atom. The van der Waals surface area contributed by atoms with Gasteiger partial charge in [0.25, 0.3) is 0 Å². The molecular weight excluding hydrogens is 638 g/mol. The van der Waals surface area contributed by atoms with E-state index in [1.54, 1.807) is 24.9 Å². The lowest BCUT2D eigenvalue weighted by atomic mass is 9.98. The van der Waals surface area contributed by atoms with Gasteiger partial charge in [-0.15, -0.1) is 11.8 Å². The Morgan fingerprint density at radius 1 is 0.935 bits per heavy atom. The summed E-state index contributed by atoms with van der Waals surface area (Å²) in [6, 6.07) is 22.6. The summed E-state index contributed by atoms with van der Waals surface area (Å²) in [6.07, 6.45) is 2.23. The van der Waals surface area contributed by atoms with E-state index < -0.39 is 12.6 Å². The number of benzene rings is 3. The molecule has 0 saturated carbocycles. The first kappa shape index (κ1) is 23.9. The average molecular weight is 658 g/mol. The standard InChI is InChI=1S/C24H20I2O4S/c1-29-23-14-20(10-11-22(23)30-15-24(27)28)31-13-12-21(16-2-6-18(25)7-3-16)17-4-8-19(26)9-5-17/h2-12,14H,13,15H2,1H3,(H,27,28). The van der Waals surface area contributed by atoms with Crippen LogP contribution in [-0.4, -0.2) is 30.5 Å². The number of carbonyl (C=O) groups is 1. The summed E-state index contributed by atoms with van der Waals surface area (Å²) in [5, 5.41) is 8.80. The van der Waals surface area contributed by atoms with Crippen molar-refractivity contribution in [3.8, 4) is 11.5 Å². The van der Waals surface area contributed by atoms with Crippen LogP contribution in [-0.2, 0) is 4.79 Å². The number of halogens is 2. The number of carboxylic acids is 1. The molecule has 0 aliphatic carbocycles. The van der Waals surface area contributed by atoms with Crippen molar-refractivity contribution in [2.24, 2.45) is 0 Å². The molecule has 160 valence electrons. The van der Waals surface area contributed by atoms with Crippen LogP contribution in [0.25, 0.3) is 5.57 Å². The van der Waals surface area contributed by atoms with Crippen LogP contribution < -0.4 is 9.47 Å². The number of thioether (sulfide) groups is 1. The van der Waals surface area contributed by atoms with Gasteiger partial charge in [-0.2, -0.15) is 0 Å². The summed E-state index contributed by atoms with van der Waals surface area (Å²) in [5.41, 5.74) is 3.54. The summed E-state index contributed by atoms with van der Waals surface area (Å²) < 4.78 is 13.0. The van der Waals surface area contributed by atoms with E-state index >= 15 is 0 Å². The van der Waals surface area contributed by atoms with Crippen LogP contribution in [0.2, 0.25) is 0 Å². The monoisotopic (exact) mass is 658 g/mol. The summed E-state index contributed by atoms with van der Waals surface area (Å²) in [6.45, 7) is -0.402. The van der Waals surface area contributed by atoms with Crippen LogP contribution >= 0.6 is 56.9 Å². The maximum atomic E-state index is 10.7. The Hall–Kier alpha value is -1.72. The lowest BCUT2D eigenvalue weighted by molar-refractivity contribution is -0.139. The molecule has 4 nitrogen and oxygen atoms in total. The van der Waals surface area contributed by atoms with Gasteiger partial charge < -0.3 is 14.6 Å². The van der Waals surface area contributed by atoms with Crippen molar-refractivity contribution in [2.45, 2.75) is 4.90 Å². The molecule has 0 bridgehead atoms. The van der Waals surface area contributed by atoms with Crippen LogP contribution in [0.1, 0.15) is 11.1 Å². The zero-order chi connectivity index (χ0) is 22.2. The number of carboxylic acid groups (broad SMARTS) is 1. The number of aliphatic carboxylic acids is 1. The zero-order valence-electron chi connectivity index (χ0n) is 16.7. The third-order valence-electron chi connectivity index (χ3n) is 4.33. The summed E-state index contributed by atoms with van der Waals surface area (Å²) in [4.78, 5) is 11.8. The molecule has 0 aromatic heterocycles. The van der Waals surface area contributed by atoms with E-state index in [-0.39, 0.29) is 0 Å². The van der Waals surface area contributed by atoms with E-state index in [1.807, 2.05) is 12.1 Å². The predicted octanol–water partition coefficient (Wildman–Crippen LogP) is 6.59. The SMILES string of the molecule is COc1cc(SCC=C(c2ccc(I)cc2)c2ccc(I)cc2)ccc1OCC(=O)O. The molecule has 1 N–H and O–H groups in total. The van der Waals surface area contributed by atoms with Crippen LogP contribution in [0, 0.1) is 7.14 Å². The topological polar surface area (TPSA) is 55.8 Å².